The molecule has 0 saturated heterocycles. The summed E-state index contributed by atoms with van der Waals surface area (Å²) in [6.45, 7) is 0.0305. The highest BCUT2D eigenvalue weighted by molar-refractivity contribution is 7.83. The molecule has 96 valence electrons. The molecule has 0 aliphatic rings. The fourth-order valence-corrected chi connectivity index (χ4v) is 3.95. The second-order valence-corrected chi connectivity index (χ2v) is 6.94. The van der Waals surface area contributed by atoms with Crippen molar-refractivity contribution in [3.05, 3.63) is 50.9 Å². The van der Waals surface area contributed by atoms with E-state index in [0.717, 1.165) is 16.0 Å². The van der Waals surface area contributed by atoms with E-state index in [9.17, 15) is 4.21 Å². The van der Waals surface area contributed by atoms with E-state index in [4.69, 9.17) is 16.7 Å². The third-order valence-electron chi connectivity index (χ3n) is 2.36. The minimum atomic E-state index is -0.968. The van der Waals surface area contributed by atoms with Gasteiger partial charge in [0.25, 0.3) is 0 Å². The molecule has 1 unspecified atom stereocenters. The molecule has 0 spiro atoms. The molecule has 1 aromatic carbocycles. The third-order valence-corrected chi connectivity index (χ3v) is 4.95. The van der Waals surface area contributed by atoms with E-state index in [2.05, 4.69) is 4.98 Å². The summed E-state index contributed by atoms with van der Waals surface area (Å²) in [5.41, 5.74) is 1.86. The van der Waals surface area contributed by atoms with Gasteiger partial charge >= 0.3 is 0 Å². The largest absolute Gasteiger partial charge is 0.392 e. The molecule has 18 heavy (non-hydrogen) atoms. The second-order valence-electron chi connectivity index (χ2n) is 3.78. The van der Waals surface area contributed by atoms with E-state index in [0.29, 0.717) is 16.0 Å². The Morgan fingerprint density at radius 2 is 1.89 bits per heavy atom. The lowest BCUT2D eigenvalue weighted by Crippen LogP contribution is -1.98. The standard InChI is InChI=1S/C12H12ClNO2S2/c13-12-14-5-11(17-12)8-18(16)7-10-3-1-9(6-15)2-4-10/h1-5,15H,6-8H2. The molecule has 0 radical (unpaired) electrons. The Balaban J connectivity index is 1.94. The first-order valence-electron chi connectivity index (χ1n) is 5.31. The lowest BCUT2D eigenvalue weighted by Gasteiger charge is -2.02. The smallest absolute Gasteiger partial charge is 0.183 e. The van der Waals surface area contributed by atoms with E-state index in [1.807, 2.05) is 24.3 Å². The minimum Gasteiger partial charge on any atom is -0.392 e. The van der Waals surface area contributed by atoms with Crippen molar-refractivity contribution >= 4 is 33.7 Å². The molecule has 2 aromatic rings. The zero-order valence-electron chi connectivity index (χ0n) is 9.51. The van der Waals surface area contributed by atoms with Gasteiger partial charge in [0.05, 0.1) is 12.4 Å². The first-order valence-corrected chi connectivity index (χ1v) is 7.99. The lowest BCUT2D eigenvalue weighted by atomic mass is 10.2. The molecule has 0 saturated carbocycles. The van der Waals surface area contributed by atoms with Gasteiger partial charge in [-0.2, -0.15) is 0 Å². The van der Waals surface area contributed by atoms with Gasteiger partial charge in [-0.05, 0) is 11.1 Å². The van der Waals surface area contributed by atoms with E-state index in [1.165, 1.54) is 11.3 Å². The third kappa shape index (κ3) is 3.88. The zero-order chi connectivity index (χ0) is 13.0. The van der Waals surface area contributed by atoms with E-state index >= 15 is 0 Å². The Morgan fingerprint density at radius 1 is 1.22 bits per heavy atom. The molecule has 0 aliphatic heterocycles. The van der Waals surface area contributed by atoms with Crippen LogP contribution in [0.4, 0.5) is 0 Å². The van der Waals surface area contributed by atoms with Gasteiger partial charge in [-0.1, -0.05) is 35.9 Å². The van der Waals surface area contributed by atoms with Crippen molar-refractivity contribution in [2.24, 2.45) is 0 Å². The summed E-state index contributed by atoms with van der Waals surface area (Å²) in [6, 6.07) is 7.47. The average Bonchev–Trinajstić information content (AvgIpc) is 2.75. The first-order chi connectivity index (χ1) is 8.67. The highest BCUT2D eigenvalue weighted by atomic mass is 35.5. The number of aliphatic hydroxyl groups excluding tert-OH is 1. The molecule has 2 rings (SSSR count). The minimum absolute atomic E-state index is 0.0305. The van der Waals surface area contributed by atoms with Gasteiger partial charge in [0.2, 0.25) is 0 Å². The Hall–Kier alpha value is -0.750. The van der Waals surface area contributed by atoms with Gasteiger partial charge in [-0.25, -0.2) is 4.98 Å². The molecule has 3 nitrogen and oxygen atoms in total. The summed E-state index contributed by atoms with van der Waals surface area (Å²) in [5, 5.41) is 8.93. The molecule has 1 aromatic heterocycles. The van der Waals surface area contributed by atoms with Gasteiger partial charge in [0, 0.05) is 27.6 Å². The predicted molar refractivity (Wildman–Crippen MR) is 75.0 cm³/mol. The number of nitrogens with zero attached hydrogens (tertiary/aromatic N) is 1. The van der Waals surface area contributed by atoms with Crippen LogP contribution >= 0.6 is 22.9 Å². The van der Waals surface area contributed by atoms with Crippen LogP contribution < -0.4 is 0 Å². The quantitative estimate of drug-likeness (QED) is 0.924. The Bertz CT molecular complexity index is 539. The highest BCUT2D eigenvalue weighted by Crippen LogP contribution is 2.20. The summed E-state index contributed by atoms with van der Waals surface area (Å²) < 4.78 is 12.4. The van der Waals surface area contributed by atoms with Gasteiger partial charge < -0.3 is 5.11 Å². The maximum atomic E-state index is 11.9. The van der Waals surface area contributed by atoms with Crippen LogP contribution in [0.15, 0.2) is 30.5 Å². The molecule has 1 N–H and O–H groups in total. The summed E-state index contributed by atoms with van der Waals surface area (Å²) in [6.07, 6.45) is 1.67. The van der Waals surface area contributed by atoms with Crippen molar-refractivity contribution in [1.29, 1.82) is 0 Å². The predicted octanol–water partition coefficient (Wildman–Crippen LogP) is 2.74. The van der Waals surface area contributed by atoms with E-state index in [-0.39, 0.29) is 6.61 Å². The van der Waals surface area contributed by atoms with Gasteiger partial charge in [0.1, 0.15) is 0 Å². The molecule has 1 heterocycles. The van der Waals surface area contributed by atoms with Crippen molar-refractivity contribution in [2.75, 3.05) is 0 Å². The maximum absolute atomic E-state index is 11.9. The molecular formula is C12H12ClNO2S2. The first kappa shape index (κ1) is 13.7. The van der Waals surface area contributed by atoms with Crippen LogP contribution in [0.2, 0.25) is 4.47 Å². The second kappa shape index (κ2) is 6.43. The van der Waals surface area contributed by atoms with E-state index < -0.39 is 10.8 Å². The summed E-state index contributed by atoms with van der Waals surface area (Å²) >= 11 is 7.08. The van der Waals surface area contributed by atoms with Gasteiger partial charge in [0.15, 0.2) is 4.47 Å². The summed E-state index contributed by atoms with van der Waals surface area (Å²) in [5.74, 6) is 0.980. The van der Waals surface area contributed by atoms with Crippen LogP contribution in [-0.2, 0) is 28.9 Å². The zero-order valence-corrected chi connectivity index (χ0v) is 11.9. The maximum Gasteiger partial charge on any atom is 0.183 e. The number of halogens is 1. The monoisotopic (exact) mass is 301 g/mol. The van der Waals surface area contributed by atoms with Crippen molar-refractivity contribution in [3.63, 3.8) is 0 Å². The molecule has 0 bridgehead atoms. The van der Waals surface area contributed by atoms with Gasteiger partial charge in [-0.3, -0.25) is 4.21 Å². The number of aliphatic hydroxyl groups is 1. The number of benzene rings is 1. The number of hydrogen-bond acceptors (Lipinski definition) is 4. The number of rotatable bonds is 5. The molecule has 0 amide bonds. The van der Waals surface area contributed by atoms with Crippen molar-refractivity contribution in [2.45, 2.75) is 18.1 Å². The van der Waals surface area contributed by atoms with Crippen LogP contribution in [0.25, 0.3) is 0 Å². The number of thiazole rings is 1. The number of aromatic nitrogens is 1. The number of hydrogen-bond donors (Lipinski definition) is 1. The molecule has 0 fully saturated rings. The van der Waals surface area contributed by atoms with Crippen LogP contribution in [0.3, 0.4) is 0 Å². The molecule has 6 heteroatoms. The molecular weight excluding hydrogens is 290 g/mol. The van der Waals surface area contributed by atoms with Crippen molar-refractivity contribution < 1.29 is 9.32 Å². The SMILES string of the molecule is O=S(Cc1ccc(CO)cc1)Cc1cnc(Cl)s1. The van der Waals surface area contributed by atoms with Crippen molar-refractivity contribution in [3.8, 4) is 0 Å². The van der Waals surface area contributed by atoms with E-state index in [1.54, 1.807) is 6.20 Å². The van der Waals surface area contributed by atoms with Crippen LogP contribution in [0.1, 0.15) is 16.0 Å². The summed E-state index contributed by atoms with van der Waals surface area (Å²) in [7, 11) is -0.968. The van der Waals surface area contributed by atoms with Gasteiger partial charge in [-0.15, -0.1) is 11.3 Å². The fraction of sp³-hybridized carbons (Fsp3) is 0.250. The Labute approximate surface area is 117 Å². The Kier molecular flexibility index (Phi) is 4.88. The molecule has 1 atom stereocenters. The fourth-order valence-electron chi connectivity index (χ4n) is 1.49. The highest BCUT2D eigenvalue weighted by Gasteiger charge is 2.06. The average molecular weight is 302 g/mol. The topological polar surface area (TPSA) is 50.2 Å². The van der Waals surface area contributed by atoms with Crippen LogP contribution in [-0.4, -0.2) is 14.3 Å². The van der Waals surface area contributed by atoms with Crippen LogP contribution in [0, 0.1) is 0 Å². The normalized spacial score (nSPS) is 12.6. The Morgan fingerprint density at radius 3 is 2.44 bits per heavy atom. The van der Waals surface area contributed by atoms with Crippen molar-refractivity contribution in [1.82, 2.24) is 4.98 Å². The lowest BCUT2D eigenvalue weighted by molar-refractivity contribution is 0.282. The molecule has 0 aliphatic carbocycles. The summed E-state index contributed by atoms with van der Waals surface area (Å²) in [4.78, 5) is 4.86. The van der Waals surface area contributed by atoms with Crippen LogP contribution in [0.5, 0.6) is 0 Å².